The number of nitrogens with zero attached hydrogens (tertiary/aromatic N) is 5. The maximum Gasteiger partial charge on any atom is 0.254 e. The normalized spacial score (nSPS) is 18.7. The van der Waals surface area contributed by atoms with Crippen LogP contribution in [0.3, 0.4) is 0 Å². The molecule has 3 aromatic heterocycles. The smallest absolute Gasteiger partial charge is 0.254 e. The summed E-state index contributed by atoms with van der Waals surface area (Å²) < 4.78 is 0. The van der Waals surface area contributed by atoms with E-state index in [4.69, 9.17) is 0 Å². The van der Waals surface area contributed by atoms with Crippen molar-refractivity contribution in [1.29, 1.82) is 0 Å². The molecule has 7 nitrogen and oxygen atoms in total. The van der Waals surface area contributed by atoms with Gasteiger partial charge in [-0.05, 0) is 31.0 Å². The van der Waals surface area contributed by atoms with Crippen LogP contribution in [0.4, 0.5) is 5.82 Å². The second kappa shape index (κ2) is 5.27. The van der Waals surface area contributed by atoms with Crippen molar-refractivity contribution in [1.82, 2.24) is 24.8 Å². The molecule has 1 saturated carbocycles. The molecular formula is C18H18N6O. The molecular weight excluding hydrogens is 316 g/mol. The lowest BCUT2D eigenvalue weighted by Gasteiger charge is -2.42. The van der Waals surface area contributed by atoms with Crippen molar-refractivity contribution in [2.75, 3.05) is 24.5 Å². The summed E-state index contributed by atoms with van der Waals surface area (Å²) in [6.45, 7) is 2.30. The van der Waals surface area contributed by atoms with Crippen LogP contribution in [0.15, 0.2) is 43.1 Å². The highest BCUT2D eigenvalue weighted by Crippen LogP contribution is 2.45. The average Bonchev–Trinajstić information content (AvgIpc) is 3.24. The zero-order chi connectivity index (χ0) is 16.9. The quantitative estimate of drug-likeness (QED) is 0.774. The van der Waals surface area contributed by atoms with E-state index in [1.807, 2.05) is 17.2 Å². The molecule has 7 heteroatoms. The Morgan fingerprint density at radius 1 is 1.12 bits per heavy atom. The average molecular weight is 334 g/mol. The van der Waals surface area contributed by atoms with Gasteiger partial charge in [-0.25, -0.2) is 9.97 Å². The number of aromatic amines is 1. The number of carbonyl (C=O) groups is 1. The molecule has 2 aliphatic rings. The van der Waals surface area contributed by atoms with Gasteiger partial charge in [0.15, 0.2) is 0 Å². The van der Waals surface area contributed by atoms with Crippen molar-refractivity contribution in [3.05, 3.63) is 48.7 Å². The topological polar surface area (TPSA) is 78.0 Å². The molecule has 1 aliphatic carbocycles. The van der Waals surface area contributed by atoms with Crippen LogP contribution < -0.4 is 4.90 Å². The molecule has 1 saturated heterocycles. The standard InChI is InChI=1S/C18H18N6O/c25-17(13-1-6-19-7-2-13)24-10-9-23(11-18(24)4-5-18)16-14-3-8-20-15(14)21-12-22-16/h1-3,6-8,12H,4-5,9-11H2,(H,20,21,22). The van der Waals surface area contributed by atoms with Crippen LogP contribution in [0.5, 0.6) is 0 Å². The third kappa shape index (κ3) is 2.26. The molecule has 126 valence electrons. The summed E-state index contributed by atoms with van der Waals surface area (Å²) in [6.07, 6.45) is 8.92. The monoisotopic (exact) mass is 334 g/mol. The Labute approximate surface area is 144 Å². The first kappa shape index (κ1) is 14.4. The highest BCUT2D eigenvalue weighted by atomic mass is 16.2. The Hall–Kier alpha value is -2.96. The second-order valence-corrected chi connectivity index (χ2v) is 6.78. The fraction of sp³-hybridized carbons (Fsp3) is 0.333. The van der Waals surface area contributed by atoms with Gasteiger partial charge in [0.25, 0.3) is 5.91 Å². The molecule has 4 heterocycles. The lowest BCUT2D eigenvalue weighted by molar-refractivity contribution is 0.0624. The number of nitrogens with one attached hydrogen (secondary N) is 1. The first-order valence-electron chi connectivity index (χ1n) is 8.52. The van der Waals surface area contributed by atoms with Crippen LogP contribution in [-0.4, -0.2) is 55.9 Å². The molecule has 0 unspecified atom stereocenters. The van der Waals surface area contributed by atoms with Crippen molar-refractivity contribution in [3.8, 4) is 0 Å². The number of rotatable bonds is 2. The summed E-state index contributed by atoms with van der Waals surface area (Å²) >= 11 is 0. The number of amides is 1. The van der Waals surface area contributed by atoms with Gasteiger partial charge in [0.05, 0.1) is 10.9 Å². The maximum absolute atomic E-state index is 12.9. The SMILES string of the molecule is O=C(c1ccncc1)N1CCN(c2ncnc3[nH]ccc23)CC12CC2. The van der Waals surface area contributed by atoms with Crippen LogP contribution in [-0.2, 0) is 0 Å². The number of piperazine rings is 1. The number of hydrogen-bond donors (Lipinski definition) is 1. The first-order valence-corrected chi connectivity index (χ1v) is 8.52. The van der Waals surface area contributed by atoms with Crippen molar-refractivity contribution in [2.45, 2.75) is 18.4 Å². The summed E-state index contributed by atoms with van der Waals surface area (Å²) in [5.41, 5.74) is 1.50. The van der Waals surface area contributed by atoms with E-state index in [2.05, 4.69) is 24.8 Å². The van der Waals surface area contributed by atoms with Gasteiger partial charge in [-0.3, -0.25) is 9.78 Å². The fourth-order valence-electron chi connectivity index (χ4n) is 3.81. The molecule has 0 bridgehead atoms. The molecule has 1 spiro atoms. The molecule has 1 N–H and O–H groups in total. The third-order valence-corrected chi connectivity index (χ3v) is 5.28. The van der Waals surface area contributed by atoms with Gasteiger partial charge in [-0.2, -0.15) is 0 Å². The van der Waals surface area contributed by atoms with E-state index in [0.29, 0.717) is 12.1 Å². The number of hydrogen-bond acceptors (Lipinski definition) is 5. The number of fused-ring (bicyclic) bond motifs is 1. The molecule has 3 aromatic rings. The van der Waals surface area contributed by atoms with E-state index in [-0.39, 0.29) is 11.4 Å². The molecule has 0 aromatic carbocycles. The van der Waals surface area contributed by atoms with Crippen LogP contribution in [0, 0.1) is 0 Å². The van der Waals surface area contributed by atoms with Gasteiger partial charge in [0.2, 0.25) is 0 Å². The fourth-order valence-corrected chi connectivity index (χ4v) is 3.81. The van der Waals surface area contributed by atoms with E-state index in [1.165, 1.54) is 0 Å². The van der Waals surface area contributed by atoms with E-state index in [0.717, 1.165) is 42.8 Å². The molecule has 0 radical (unpaired) electrons. The second-order valence-electron chi connectivity index (χ2n) is 6.78. The zero-order valence-corrected chi connectivity index (χ0v) is 13.7. The van der Waals surface area contributed by atoms with E-state index in [9.17, 15) is 4.79 Å². The van der Waals surface area contributed by atoms with E-state index in [1.54, 1.807) is 30.9 Å². The van der Waals surface area contributed by atoms with Crippen molar-refractivity contribution in [2.24, 2.45) is 0 Å². The number of pyridine rings is 1. The summed E-state index contributed by atoms with van der Waals surface area (Å²) in [5.74, 6) is 1.06. The van der Waals surface area contributed by atoms with Crippen LogP contribution >= 0.6 is 0 Å². The Morgan fingerprint density at radius 2 is 1.96 bits per heavy atom. The number of aromatic nitrogens is 4. The maximum atomic E-state index is 12.9. The van der Waals surface area contributed by atoms with Gasteiger partial charge in [-0.1, -0.05) is 0 Å². The summed E-state index contributed by atoms with van der Waals surface area (Å²) in [6, 6.07) is 5.59. The minimum Gasteiger partial charge on any atom is -0.352 e. The Balaban J connectivity index is 1.43. The molecule has 1 amide bonds. The Kier molecular flexibility index (Phi) is 3.03. The highest BCUT2D eigenvalue weighted by Gasteiger charge is 2.53. The number of H-pyrrole nitrogens is 1. The Bertz CT molecular complexity index is 933. The Morgan fingerprint density at radius 3 is 2.76 bits per heavy atom. The largest absolute Gasteiger partial charge is 0.352 e. The van der Waals surface area contributed by atoms with Gasteiger partial charge in [0, 0.05) is 43.8 Å². The van der Waals surface area contributed by atoms with Gasteiger partial charge in [0.1, 0.15) is 17.8 Å². The lowest BCUT2D eigenvalue weighted by Crippen LogP contribution is -2.57. The van der Waals surface area contributed by atoms with Crippen molar-refractivity contribution < 1.29 is 4.79 Å². The summed E-state index contributed by atoms with van der Waals surface area (Å²) in [7, 11) is 0. The van der Waals surface area contributed by atoms with Crippen LogP contribution in [0.25, 0.3) is 11.0 Å². The van der Waals surface area contributed by atoms with Gasteiger partial charge in [-0.15, -0.1) is 0 Å². The first-order chi connectivity index (χ1) is 12.3. The highest BCUT2D eigenvalue weighted by molar-refractivity contribution is 5.95. The molecule has 25 heavy (non-hydrogen) atoms. The minimum atomic E-state index is -0.0633. The molecule has 2 fully saturated rings. The number of anilines is 1. The predicted octanol–water partition coefficient (Wildman–Crippen LogP) is 1.85. The molecule has 1 aliphatic heterocycles. The van der Waals surface area contributed by atoms with Crippen molar-refractivity contribution >= 4 is 22.8 Å². The van der Waals surface area contributed by atoms with Crippen LogP contribution in [0.2, 0.25) is 0 Å². The summed E-state index contributed by atoms with van der Waals surface area (Å²) in [5, 5.41) is 1.03. The molecule has 5 rings (SSSR count). The third-order valence-electron chi connectivity index (χ3n) is 5.28. The van der Waals surface area contributed by atoms with E-state index >= 15 is 0 Å². The number of carbonyl (C=O) groups excluding carboxylic acids is 1. The zero-order valence-electron chi connectivity index (χ0n) is 13.7. The lowest BCUT2D eigenvalue weighted by atomic mass is 10.1. The summed E-state index contributed by atoms with van der Waals surface area (Å²) in [4.78, 5) is 33.2. The minimum absolute atomic E-state index is 0.0633. The van der Waals surface area contributed by atoms with E-state index < -0.39 is 0 Å². The van der Waals surface area contributed by atoms with Gasteiger partial charge < -0.3 is 14.8 Å². The van der Waals surface area contributed by atoms with Gasteiger partial charge >= 0.3 is 0 Å². The van der Waals surface area contributed by atoms with Crippen LogP contribution in [0.1, 0.15) is 23.2 Å². The van der Waals surface area contributed by atoms with Crippen molar-refractivity contribution in [3.63, 3.8) is 0 Å². The molecule has 0 atom stereocenters. The predicted molar refractivity (Wildman–Crippen MR) is 93.3 cm³/mol.